The van der Waals surface area contributed by atoms with E-state index in [1.807, 2.05) is 34.1 Å². The van der Waals surface area contributed by atoms with Crippen molar-refractivity contribution >= 4 is 35.1 Å². The number of fused-ring (bicyclic) bond motifs is 2. The maximum atomic E-state index is 13.8. The van der Waals surface area contributed by atoms with Crippen LogP contribution in [0.4, 0.5) is 20.4 Å². The molecule has 2 amide bonds. The van der Waals surface area contributed by atoms with Gasteiger partial charge in [0.05, 0.1) is 10.6 Å². The monoisotopic (exact) mass is 556 g/mol. The standard InChI is InChI=1S/C27H27ClF2N6O3/c1-15-32-26(34-39-15)35-13-27(14-35)20-4-2-3-5-21(20)36(25(27)38)12-16-6-8-18(9-7-16)33-24(37)19-10-17(28)11-31-22(19)23(29)30/h2-5,10-11,16,18,23H,6-9,12-14H2,1H3,(H,33,37)/t16-,18-. The maximum Gasteiger partial charge on any atom is 0.281 e. The zero-order chi connectivity index (χ0) is 27.3. The first kappa shape index (κ1) is 25.7. The van der Waals surface area contributed by atoms with Crippen molar-refractivity contribution in [2.24, 2.45) is 5.92 Å². The molecule has 0 unspecified atom stereocenters. The molecule has 39 heavy (non-hydrogen) atoms. The van der Waals surface area contributed by atoms with Gasteiger partial charge in [-0.3, -0.25) is 14.6 Å². The summed E-state index contributed by atoms with van der Waals surface area (Å²) < 4.78 is 31.8. The molecule has 12 heteroatoms. The average Bonchev–Trinajstić information content (AvgIpc) is 3.43. The number of alkyl halides is 2. The number of hydrogen-bond acceptors (Lipinski definition) is 7. The van der Waals surface area contributed by atoms with Crippen LogP contribution in [0, 0.1) is 12.8 Å². The van der Waals surface area contributed by atoms with E-state index in [1.54, 1.807) is 6.92 Å². The Morgan fingerprint density at radius 1 is 1.23 bits per heavy atom. The molecule has 2 aromatic heterocycles. The molecule has 0 atom stereocenters. The Morgan fingerprint density at radius 3 is 2.67 bits per heavy atom. The summed E-state index contributed by atoms with van der Waals surface area (Å²) in [6.07, 6.45) is 1.21. The number of pyridine rings is 1. The Balaban J connectivity index is 1.09. The van der Waals surface area contributed by atoms with Crippen LogP contribution in [0.3, 0.4) is 0 Å². The minimum absolute atomic E-state index is 0.0866. The van der Waals surface area contributed by atoms with Crippen LogP contribution in [0.15, 0.2) is 41.1 Å². The van der Waals surface area contributed by atoms with Crippen LogP contribution < -0.4 is 15.1 Å². The zero-order valence-electron chi connectivity index (χ0n) is 21.2. The van der Waals surface area contributed by atoms with Gasteiger partial charge in [0.1, 0.15) is 11.1 Å². The minimum atomic E-state index is -2.87. The van der Waals surface area contributed by atoms with Gasteiger partial charge in [0, 0.05) is 44.5 Å². The van der Waals surface area contributed by atoms with E-state index in [4.69, 9.17) is 16.1 Å². The number of carbonyl (C=O) groups excluding carboxylic acids is 2. The van der Waals surface area contributed by atoms with Crippen LogP contribution in [0.2, 0.25) is 5.02 Å². The Labute approximate surface area is 228 Å². The molecule has 2 aliphatic heterocycles. The molecule has 0 radical (unpaired) electrons. The Bertz CT molecular complexity index is 1420. The highest BCUT2D eigenvalue weighted by molar-refractivity contribution is 6.30. The van der Waals surface area contributed by atoms with Gasteiger partial charge in [-0.2, -0.15) is 4.98 Å². The van der Waals surface area contributed by atoms with Gasteiger partial charge in [0.2, 0.25) is 11.8 Å². The molecule has 1 saturated heterocycles. The van der Waals surface area contributed by atoms with Crippen LogP contribution in [0.5, 0.6) is 0 Å². The van der Waals surface area contributed by atoms with Crippen molar-refractivity contribution < 1.29 is 22.9 Å². The van der Waals surface area contributed by atoms with E-state index in [1.165, 1.54) is 6.07 Å². The number of nitrogens with one attached hydrogen (secondary N) is 1. The largest absolute Gasteiger partial charge is 0.349 e. The number of aromatic nitrogens is 3. The second kappa shape index (κ2) is 9.86. The number of benzene rings is 1. The molecular weight excluding hydrogens is 530 g/mol. The summed E-state index contributed by atoms with van der Waals surface area (Å²) in [4.78, 5) is 38.4. The number of carbonyl (C=O) groups is 2. The fourth-order valence-electron chi connectivity index (χ4n) is 6.06. The molecular formula is C27H27ClF2N6O3. The van der Waals surface area contributed by atoms with Crippen LogP contribution in [-0.2, 0) is 10.2 Å². The van der Waals surface area contributed by atoms with E-state index in [0.29, 0.717) is 44.3 Å². The van der Waals surface area contributed by atoms with Gasteiger partial charge in [-0.1, -0.05) is 29.8 Å². The fraction of sp³-hybridized carbons (Fsp3) is 0.444. The van der Waals surface area contributed by atoms with E-state index < -0.39 is 23.4 Å². The molecule has 1 aromatic carbocycles. The maximum absolute atomic E-state index is 13.8. The molecule has 1 spiro atoms. The van der Waals surface area contributed by atoms with E-state index in [2.05, 4.69) is 20.4 Å². The van der Waals surface area contributed by atoms with E-state index in [-0.39, 0.29) is 28.5 Å². The summed E-state index contributed by atoms with van der Waals surface area (Å²) in [5, 5.41) is 6.99. The highest BCUT2D eigenvalue weighted by Crippen LogP contribution is 2.48. The fourth-order valence-corrected chi connectivity index (χ4v) is 6.22. The number of aryl methyl sites for hydroxylation is 1. The molecule has 0 bridgehead atoms. The molecule has 6 rings (SSSR count). The molecule has 4 heterocycles. The molecule has 9 nitrogen and oxygen atoms in total. The second-order valence-electron chi connectivity index (χ2n) is 10.6. The van der Waals surface area contributed by atoms with Crippen LogP contribution in [-0.4, -0.2) is 52.6 Å². The van der Waals surface area contributed by atoms with E-state index >= 15 is 0 Å². The summed E-state index contributed by atoms with van der Waals surface area (Å²) in [7, 11) is 0. The van der Waals surface area contributed by atoms with Gasteiger partial charge in [-0.05, 0) is 54.5 Å². The Hall–Kier alpha value is -3.60. The van der Waals surface area contributed by atoms with Gasteiger partial charge in [0.25, 0.3) is 18.3 Å². The summed E-state index contributed by atoms with van der Waals surface area (Å²) >= 11 is 5.90. The summed E-state index contributed by atoms with van der Waals surface area (Å²) in [6, 6.07) is 9.00. The van der Waals surface area contributed by atoms with Crippen molar-refractivity contribution in [1.82, 2.24) is 20.4 Å². The lowest BCUT2D eigenvalue weighted by atomic mass is 9.75. The summed E-state index contributed by atoms with van der Waals surface area (Å²) in [5.41, 5.74) is 0.570. The van der Waals surface area contributed by atoms with Gasteiger partial charge < -0.3 is 19.6 Å². The first-order valence-electron chi connectivity index (χ1n) is 13.0. The third kappa shape index (κ3) is 4.52. The number of para-hydroxylation sites is 1. The predicted octanol–water partition coefficient (Wildman–Crippen LogP) is 4.46. The number of amides is 2. The predicted molar refractivity (Wildman–Crippen MR) is 139 cm³/mol. The lowest BCUT2D eigenvalue weighted by molar-refractivity contribution is -0.124. The number of rotatable bonds is 6. The van der Waals surface area contributed by atoms with E-state index in [0.717, 1.165) is 30.3 Å². The third-order valence-electron chi connectivity index (χ3n) is 8.05. The summed E-state index contributed by atoms with van der Waals surface area (Å²) in [5.74, 6) is 0.725. The minimum Gasteiger partial charge on any atom is -0.349 e. The zero-order valence-corrected chi connectivity index (χ0v) is 22.0. The molecule has 1 N–H and O–H groups in total. The number of anilines is 2. The first-order chi connectivity index (χ1) is 18.7. The topological polar surface area (TPSA) is 104 Å². The van der Waals surface area contributed by atoms with Crippen molar-refractivity contribution in [1.29, 1.82) is 0 Å². The Morgan fingerprint density at radius 2 is 1.97 bits per heavy atom. The number of halogens is 3. The van der Waals surface area contributed by atoms with Crippen LogP contribution in [0.25, 0.3) is 0 Å². The molecule has 204 valence electrons. The van der Waals surface area contributed by atoms with E-state index in [9.17, 15) is 18.4 Å². The number of hydrogen-bond donors (Lipinski definition) is 1. The smallest absolute Gasteiger partial charge is 0.281 e. The highest BCUT2D eigenvalue weighted by atomic mass is 35.5. The van der Waals surface area contributed by atoms with Crippen molar-refractivity contribution in [3.8, 4) is 0 Å². The highest BCUT2D eigenvalue weighted by Gasteiger charge is 2.59. The molecule has 3 aliphatic rings. The van der Waals surface area contributed by atoms with Gasteiger partial charge in [-0.25, -0.2) is 8.78 Å². The van der Waals surface area contributed by atoms with Crippen molar-refractivity contribution in [3.63, 3.8) is 0 Å². The van der Waals surface area contributed by atoms with Crippen molar-refractivity contribution in [3.05, 3.63) is 64.3 Å². The lowest BCUT2D eigenvalue weighted by Crippen LogP contribution is -2.64. The van der Waals surface area contributed by atoms with Gasteiger partial charge in [-0.15, -0.1) is 0 Å². The first-order valence-corrected chi connectivity index (χ1v) is 13.3. The third-order valence-corrected chi connectivity index (χ3v) is 8.25. The molecule has 3 aromatic rings. The normalized spacial score (nSPS) is 21.8. The lowest BCUT2D eigenvalue weighted by Gasteiger charge is -2.46. The van der Waals surface area contributed by atoms with Crippen molar-refractivity contribution in [2.75, 3.05) is 29.4 Å². The molecule has 1 saturated carbocycles. The quantitative estimate of drug-likeness (QED) is 0.478. The Kier molecular flexibility index (Phi) is 6.49. The van der Waals surface area contributed by atoms with Crippen LogP contribution in [0.1, 0.15) is 59.6 Å². The average molecular weight is 557 g/mol. The molecule has 1 aliphatic carbocycles. The number of nitrogens with zero attached hydrogens (tertiary/aromatic N) is 5. The summed E-state index contributed by atoms with van der Waals surface area (Å²) in [6.45, 7) is 3.32. The van der Waals surface area contributed by atoms with Crippen LogP contribution >= 0.6 is 11.6 Å². The molecule has 2 fully saturated rings. The second-order valence-corrected chi connectivity index (χ2v) is 11.0. The SMILES string of the molecule is Cc1nc(N2CC3(C2)C(=O)N(C[C@H]2CC[C@H](NC(=O)c4cc(Cl)cnc4C(F)F)CC2)c2ccccc23)no1. The van der Waals surface area contributed by atoms with Crippen molar-refractivity contribution in [2.45, 2.75) is 50.5 Å². The van der Waals surface area contributed by atoms with Gasteiger partial charge in [0.15, 0.2) is 0 Å². The van der Waals surface area contributed by atoms with Gasteiger partial charge >= 0.3 is 0 Å².